The molecule has 6 rings (SSSR count). The van der Waals surface area contributed by atoms with E-state index in [-0.39, 0.29) is 6.41 Å². The van der Waals surface area contributed by atoms with E-state index in [1.54, 1.807) is 0 Å². The van der Waals surface area contributed by atoms with Gasteiger partial charge in [-0.05, 0) is 0 Å². The summed E-state index contributed by atoms with van der Waals surface area (Å²) >= 11 is 0. The summed E-state index contributed by atoms with van der Waals surface area (Å²) in [6.07, 6.45) is -55.4. The molecule has 6 heterocycles. The summed E-state index contributed by atoms with van der Waals surface area (Å²) in [6, 6.07) is -6.17. The normalized spacial score (nSPS) is 43.8. The smallest absolute Gasteiger partial charge is 0.364 e. The number of hydrogen-bond acceptors (Lipinski definition) is 35. The minimum absolute atomic E-state index is 0.246. The molecule has 6 aliphatic rings. The van der Waals surface area contributed by atoms with Gasteiger partial charge in [0, 0.05) is 27.2 Å². The van der Waals surface area contributed by atoms with Gasteiger partial charge >= 0.3 is 5.97 Å². The summed E-state index contributed by atoms with van der Waals surface area (Å²) in [5.74, 6) is -7.54. The van der Waals surface area contributed by atoms with E-state index in [4.69, 9.17) is 56.8 Å². The number of amides is 4. The van der Waals surface area contributed by atoms with Crippen LogP contribution in [-0.2, 0) is 80.8 Å². The Morgan fingerprint density at radius 2 is 1.00 bits per heavy atom. The molecule has 0 radical (unpaired) electrons. The van der Waals surface area contributed by atoms with Crippen LogP contribution in [0.4, 0.5) is 0 Å². The van der Waals surface area contributed by atoms with Crippen LogP contribution in [0.25, 0.3) is 0 Å². The third-order valence-corrected chi connectivity index (χ3v) is 15.6. The van der Waals surface area contributed by atoms with Gasteiger partial charge in [-0.1, -0.05) is 0 Å². The molecule has 0 aromatic heterocycles. The Morgan fingerprint density at radius 1 is 0.517 bits per heavy atom. The minimum Gasteiger partial charge on any atom is -0.477 e. The second-order valence-corrected chi connectivity index (χ2v) is 21.9. The number of carbonyl (C=O) groups is 5. The molecule has 40 heteroatoms. The molecule has 0 spiro atoms. The van der Waals surface area contributed by atoms with E-state index in [1.807, 2.05) is 0 Å². The van der Waals surface area contributed by atoms with Crippen LogP contribution in [0.1, 0.15) is 27.2 Å². The van der Waals surface area contributed by atoms with Crippen molar-refractivity contribution in [2.24, 2.45) is 0 Å². The fourth-order valence-electron chi connectivity index (χ4n) is 10.8. The zero-order valence-electron chi connectivity index (χ0n) is 47.8. The minimum atomic E-state index is -3.02. The topological polar surface area (TPSA) is 629 Å². The Balaban J connectivity index is 1.26. The first kappa shape index (κ1) is 74.2. The summed E-state index contributed by atoms with van der Waals surface area (Å²) in [7, 11) is 0. The molecule has 0 unspecified atom stereocenters. The zero-order chi connectivity index (χ0) is 66.1. The first-order valence-electron chi connectivity index (χ1n) is 27.9. The zero-order valence-corrected chi connectivity index (χ0v) is 47.8. The number of rotatable bonds is 28. The average Bonchev–Trinajstić information content (AvgIpc) is 1.01. The van der Waals surface area contributed by atoms with Crippen molar-refractivity contribution in [3.05, 3.63) is 0 Å². The Hall–Kier alpha value is -3.85. The van der Waals surface area contributed by atoms with Crippen molar-refractivity contribution < 1.29 is 178 Å². The number of nitrogens with one attached hydrogen (secondary N) is 4. The number of carboxylic acids is 1. The van der Waals surface area contributed by atoms with E-state index in [1.165, 1.54) is 0 Å². The fourth-order valence-corrected chi connectivity index (χ4v) is 10.8. The highest BCUT2D eigenvalue weighted by atomic mass is 16.8. The molecule has 6 aliphatic heterocycles. The van der Waals surface area contributed by atoms with Gasteiger partial charge in [-0.25, -0.2) is 4.79 Å². The predicted octanol–water partition coefficient (Wildman–Crippen LogP) is -15.3. The monoisotopic (exact) mass is 1300 g/mol. The number of ether oxygens (including phenoxy) is 12. The second-order valence-electron chi connectivity index (χ2n) is 21.9. The second kappa shape index (κ2) is 32.8. The lowest BCUT2D eigenvalue weighted by Crippen LogP contribution is -2.70. The summed E-state index contributed by atoms with van der Waals surface area (Å²) < 4.78 is 69.2. The number of carbonyl (C=O) groups excluding carboxylic acids is 4. The molecule has 0 aromatic rings. The number of aliphatic hydroxyl groups is 18. The van der Waals surface area contributed by atoms with Crippen molar-refractivity contribution in [1.82, 2.24) is 21.3 Å². The molecule has 0 bridgehead atoms. The van der Waals surface area contributed by atoms with E-state index >= 15 is 0 Å². The van der Waals surface area contributed by atoms with Crippen LogP contribution in [0.15, 0.2) is 0 Å². The lowest BCUT2D eigenvalue weighted by molar-refractivity contribution is -0.385. The molecule has 0 aromatic carbocycles. The maximum Gasteiger partial charge on any atom is 0.364 e. The van der Waals surface area contributed by atoms with Crippen LogP contribution < -0.4 is 21.3 Å². The lowest BCUT2D eigenvalue weighted by Gasteiger charge is -2.50. The quantitative estimate of drug-likeness (QED) is 0.0324. The van der Waals surface area contributed by atoms with Crippen molar-refractivity contribution in [2.45, 2.75) is 223 Å². The predicted molar refractivity (Wildman–Crippen MR) is 275 cm³/mol. The highest BCUT2D eigenvalue weighted by Crippen LogP contribution is 2.38. The van der Waals surface area contributed by atoms with Gasteiger partial charge in [-0.15, -0.1) is 0 Å². The van der Waals surface area contributed by atoms with E-state index in [9.17, 15) is 121 Å². The largest absolute Gasteiger partial charge is 0.477 e. The van der Waals surface area contributed by atoms with Crippen molar-refractivity contribution in [3.8, 4) is 0 Å². The third-order valence-electron chi connectivity index (χ3n) is 15.6. The summed E-state index contributed by atoms with van der Waals surface area (Å²) in [6.45, 7) is -4.45. The van der Waals surface area contributed by atoms with E-state index < -0.39 is 279 Å². The van der Waals surface area contributed by atoms with E-state index in [0.29, 0.717) is 0 Å². The van der Waals surface area contributed by atoms with Gasteiger partial charge < -0.3 is 175 Å². The molecule has 6 fully saturated rings. The summed E-state index contributed by atoms with van der Waals surface area (Å²) in [4.78, 5) is 60.9. The average molecular weight is 1300 g/mol. The van der Waals surface area contributed by atoms with Crippen LogP contribution in [0.2, 0.25) is 0 Å². The molecule has 4 amide bonds. The highest BCUT2D eigenvalue weighted by Gasteiger charge is 2.59. The van der Waals surface area contributed by atoms with Gasteiger partial charge in [-0.3, -0.25) is 19.2 Å². The molecule has 0 aliphatic carbocycles. The molecule has 23 N–H and O–H groups in total. The summed E-state index contributed by atoms with van der Waals surface area (Å²) in [5.41, 5.74) is 0. The Kier molecular flexibility index (Phi) is 27.4. The maximum absolute atomic E-state index is 12.9. The van der Waals surface area contributed by atoms with Crippen molar-refractivity contribution in [1.29, 1.82) is 0 Å². The molecule has 0 saturated carbocycles. The third kappa shape index (κ3) is 17.3. The molecular weight excluding hydrogens is 1220 g/mol. The van der Waals surface area contributed by atoms with Crippen molar-refractivity contribution in [2.75, 3.05) is 52.9 Å². The van der Waals surface area contributed by atoms with Gasteiger partial charge in [0.05, 0.1) is 71.0 Å². The standard InChI is InChI=1S/C49H82N4O36/c1-14(60)51-25-18(63)4-49(48(76)77,89-41(25)28(65)19(64)6-55)80-12-24-30(67)34(71)36(73)46(85-24)86-39-21(8-57)82-44(27(33(39)70)53-16(3)62)88-42-31(68)23(11-79-43-26(52-15(2)61)32(69)29(66)20(7-56)81-43)84-47(38(42)75)87-40-22(9-58)83-45(37(74)35(40)72)78-10-17(5-54)50-13-59/h13,17-47,54-58,63-75H,4-12H2,1-3H3,(H,50,59)(H,51,60)(H,52,61)(H,53,62)(H,76,77)/t17-,18+,19-,20-,21-,22-,23-,24-,25-,26-,27-,28-,29-,30+,31+,32-,33-,34+,35-,36-,37-,38-,39-,40-,41-,42+,43-,44+,45-,46+,47+,49-/m1/s1. The maximum atomic E-state index is 12.9. The first-order chi connectivity index (χ1) is 42.0. The van der Waals surface area contributed by atoms with E-state index in [2.05, 4.69) is 21.3 Å². The van der Waals surface area contributed by atoms with Crippen LogP contribution in [0, 0.1) is 0 Å². The molecule has 6 saturated heterocycles. The molecule has 514 valence electrons. The van der Waals surface area contributed by atoms with Crippen molar-refractivity contribution in [3.63, 3.8) is 0 Å². The van der Waals surface area contributed by atoms with Crippen LogP contribution in [0.3, 0.4) is 0 Å². The van der Waals surface area contributed by atoms with Gasteiger partial charge in [0.2, 0.25) is 24.1 Å². The molecule has 89 heavy (non-hydrogen) atoms. The SMILES string of the molecule is CC(=O)N[C@H]1[C@H](O[C@H]2[C@@H](O)[C@@H](CO[C@@H]3O[C@H](CO)[C@@H](O)[C@H](O)[C@H]3NC(C)=O)O[C@@H](O[C@H]3[C@H](O)[C@@H](O)[C@H](OC[C@@H](CO)NC=O)O[C@@H]3CO)[C@@H]2O)O[C@H](CO)[C@@H](O[C@@H]2O[C@H](CO[C@]3(C(=O)O)C[C@H](O)[C@@H](NC(C)=O)[C@H]([C@H](O)[C@H](O)CO)O3)[C@H](O)[C@H](O)[C@H]2O)[C@@H]1O. The fraction of sp³-hybridized carbons (Fsp3) is 0.898. The van der Waals surface area contributed by atoms with Crippen molar-refractivity contribution >= 4 is 30.1 Å². The van der Waals surface area contributed by atoms with Gasteiger partial charge in [0.25, 0.3) is 5.79 Å². The summed E-state index contributed by atoms with van der Waals surface area (Å²) in [5, 5.41) is 215. The first-order valence-corrected chi connectivity index (χ1v) is 27.9. The van der Waals surface area contributed by atoms with Crippen LogP contribution in [-0.4, -0.2) is 376 Å². The molecule has 32 atom stereocenters. The van der Waals surface area contributed by atoms with Gasteiger partial charge in [-0.2, -0.15) is 0 Å². The Labute approximate surface area is 504 Å². The van der Waals surface area contributed by atoms with Crippen LogP contribution in [0.5, 0.6) is 0 Å². The Morgan fingerprint density at radius 3 is 1.54 bits per heavy atom. The number of hydrogen-bond donors (Lipinski definition) is 23. The highest BCUT2D eigenvalue weighted by molar-refractivity contribution is 5.77. The van der Waals surface area contributed by atoms with E-state index in [0.717, 1.165) is 20.8 Å². The van der Waals surface area contributed by atoms with Gasteiger partial charge in [0.1, 0.15) is 140 Å². The lowest BCUT2D eigenvalue weighted by atomic mass is 9.88. The number of aliphatic carboxylic acids is 1. The van der Waals surface area contributed by atoms with Gasteiger partial charge in [0.15, 0.2) is 31.5 Å². The molecule has 40 nitrogen and oxygen atoms in total. The number of aliphatic hydroxyl groups excluding tert-OH is 18. The Bertz CT molecular complexity index is 2270. The van der Waals surface area contributed by atoms with Crippen LogP contribution >= 0.6 is 0 Å². The number of carboxylic acid groups (broad SMARTS) is 1. The molecular formula is C49H82N4O36.